The Morgan fingerprint density at radius 2 is 0.893 bits per heavy atom. The minimum atomic E-state index is 1.10. The van der Waals surface area contributed by atoms with Crippen LogP contribution in [-0.4, -0.2) is 0 Å². The van der Waals surface area contributed by atoms with Gasteiger partial charge in [0.05, 0.1) is 0 Å². The number of hydrogen-bond acceptors (Lipinski definition) is 2. The molecule has 0 N–H and O–H groups in total. The van der Waals surface area contributed by atoms with Crippen LogP contribution in [0.1, 0.15) is 22.3 Å². The molecule has 0 aliphatic carbocycles. The van der Waals surface area contributed by atoms with E-state index >= 15 is 0 Å². The highest BCUT2D eigenvalue weighted by Gasteiger charge is 2.09. The standard InChI is InChI=1S/C24H16Br2S2/c25-21-9-3-17(4-10-21)1-7-19-13-27-15-23(19)24-16-28-14-20(24)8-2-18-5-11-22(26)12-6-18/h1-16H. The molecule has 4 rings (SSSR count). The van der Waals surface area contributed by atoms with E-state index in [1.54, 1.807) is 22.7 Å². The molecular formula is C24H16Br2S2. The lowest BCUT2D eigenvalue weighted by molar-refractivity contribution is 1.61. The smallest absolute Gasteiger partial charge is 0.0175 e. The summed E-state index contributed by atoms with van der Waals surface area (Å²) >= 11 is 10.5. The first kappa shape index (κ1) is 19.6. The first-order chi connectivity index (χ1) is 13.7. The van der Waals surface area contributed by atoms with Crippen molar-refractivity contribution >= 4 is 78.8 Å². The van der Waals surface area contributed by atoms with Gasteiger partial charge >= 0.3 is 0 Å². The van der Waals surface area contributed by atoms with E-state index in [1.807, 2.05) is 0 Å². The maximum Gasteiger partial charge on any atom is 0.0175 e. The summed E-state index contributed by atoms with van der Waals surface area (Å²) in [6.07, 6.45) is 8.74. The second kappa shape index (κ2) is 9.19. The first-order valence-electron chi connectivity index (χ1n) is 8.69. The lowest BCUT2D eigenvalue weighted by Gasteiger charge is -2.01. The molecule has 0 saturated heterocycles. The predicted molar refractivity (Wildman–Crippen MR) is 134 cm³/mol. The zero-order valence-corrected chi connectivity index (χ0v) is 19.6. The molecule has 0 spiro atoms. The van der Waals surface area contributed by atoms with E-state index in [-0.39, 0.29) is 0 Å². The molecular weight excluding hydrogens is 512 g/mol. The van der Waals surface area contributed by atoms with Crippen LogP contribution in [0.5, 0.6) is 0 Å². The van der Waals surface area contributed by atoms with Crippen molar-refractivity contribution in [2.45, 2.75) is 0 Å². The van der Waals surface area contributed by atoms with Gasteiger partial charge in [-0.1, -0.05) is 80.4 Å². The van der Waals surface area contributed by atoms with Gasteiger partial charge in [-0.2, -0.15) is 22.7 Å². The van der Waals surface area contributed by atoms with E-state index in [0.717, 1.165) is 8.95 Å². The minimum Gasteiger partial charge on any atom is -0.151 e. The number of rotatable bonds is 5. The van der Waals surface area contributed by atoms with Crippen LogP contribution in [0, 0.1) is 0 Å². The van der Waals surface area contributed by atoms with Crippen LogP contribution in [0.4, 0.5) is 0 Å². The third kappa shape index (κ3) is 4.81. The lowest BCUT2D eigenvalue weighted by atomic mass is 10.0. The molecule has 0 unspecified atom stereocenters. The molecule has 0 fully saturated rings. The highest BCUT2D eigenvalue weighted by atomic mass is 79.9. The maximum atomic E-state index is 3.49. The van der Waals surface area contributed by atoms with E-state index in [0.29, 0.717) is 0 Å². The van der Waals surface area contributed by atoms with Gasteiger partial charge < -0.3 is 0 Å². The molecule has 0 aliphatic rings. The summed E-state index contributed by atoms with van der Waals surface area (Å²) in [7, 11) is 0. The van der Waals surface area contributed by atoms with Gasteiger partial charge in [-0.15, -0.1) is 0 Å². The van der Waals surface area contributed by atoms with Crippen LogP contribution in [0.3, 0.4) is 0 Å². The second-order valence-corrected chi connectivity index (χ2v) is 9.57. The average molecular weight is 528 g/mol. The number of halogens is 2. The third-order valence-electron chi connectivity index (χ3n) is 4.32. The minimum absolute atomic E-state index is 1.10. The fourth-order valence-corrected chi connectivity index (χ4v) is 5.00. The summed E-state index contributed by atoms with van der Waals surface area (Å²) in [4.78, 5) is 0. The van der Waals surface area contributed by atoms with E-state index in [2.05, 4.69) is 126 Å². The summed E-state index contributed by atoms with van der Waals surface area (Å²) in [6.45, 7) is 0. The Morgan fingerprint density at radius 1 is 0.500 bits per heavy atom. The van der Waals surface area contributed by atoms with E-state index < -0.39 is 0 Å². The zero-order valence-electron chi connectivity index (χ0n) is 14.8. The van der Waals surface area contributed by atoms with Crippen LogP contribution in [0.25, 0.3) is 35.4 Å². The Balaban J connectivity index is 1.59. The van der Waals surface area contributed by atoms with E-state index in [4.69, 9.17) is 0 Å². The van der Waals surface area contributed by atoms with Gasteiger partial charge in [0.1, 0.15) is 0 Å². The highest BCUT2D eigenvalue weighted by Crippen LogP contribution is 2.35. The molecule has 0 radical (unpaired) electrons. The summed E-state index contributed by atoms with van der Waals surface area (Å²) in [5.41, 5.74) is 7.47. The first-order valence-corrected chi connectivity index (χ1v) is 12.2. The van der Waals surface area contributed by atoms with Crippen LogP contribution >= 0.6 is 54.5 Å². The molecule has 0 saturated carbocycles. The molecule has 0 nitrogen and oxygen atoms in total. The SMILES string of the molecule is Brc1ccc(C=Cc2cscc2-c2cscc2C=Cc2ccc(Br)cc2)cc1. The van der Waals surface area contributed by atoms with Gasteiger partial charge in [0.15, 0.2) is 0 Å². The highest BCUT2D eigenvalue weighted by molar-refractivity contribution is 9.10. The molecule has 4 aromatic rings. The summed E-state index contributed by atoms with van der Waals surface area (Å²) in [6, 6.07) is 16.7. The van der Waals surface area contributed by atoms with Crippen molar-refractivity contribution in [3.8, 4) is 11.1 Å². The number of hydrogen-bond donors (Lipinski definition) is 0. The van der Waals surface area contributed by atoms with Crippen LogP contribution in [0.15, 0.2) is 79.0 Å². The fourth-order valence-electron chi connectivity index (χ4n) is 2.83. The van der Waals surface area contributed by atoms with Gasteiger partial charge in [-0.25, -0.2) is 0 Å². The van der Waals surface area contributed by atoms with Crippen LogP contribution < -0.4 is 0 Å². The summed E-state index contributed by atoms with van der Waals surface area (Å²) in [5, 5.41) is 8.90. The summed E-state index contributed by atoms with van der Waals surface area (Å²) in [5.74, 6) is 0. The van der Waals surface area contributed by atoms with Crippen LogP contribution in [-0.2, 0) is 0 Å². The van der Waals surface area contributed by atoms with Crippen molar-refractivity contribution in [3.05, 3.63) is 101 Å². The van der Waals surface area contributed by atoms with Crippen molar-refractivity contribution in [2.24, 2.45) is 0 Å². The van der Waals surface area contributed by atoms with Crippen molar-refractivity contribution in [1.82, 2.24) is 0 Å². The van der Waals surface area contributed by atoms with Crippen molar-refractivity contribution in [1.29, 1.82) is 0 Å². The van der Waals surface area contributed by atoms with E-state index in [1.165, 1.54) is 33.4 Å². The number of thiophene rings is 2. The van der Waals surface area contributed by atoms with Gasteiger partial charge in [-0.05, 0) is 68.0 Å². The van der Waals surface area contributed by atoms with Gasteiger partial charge in [0.2, 0.25) is 0 Å². The van der Waals surface area contributed by atoms with Crippen molar-refractivity contribution < 1.29 is 0 Å². The fraction of sp³-hybridized carbons (Fsp3) is 0. The van der Waals surface area contributed by atoms with Gasteiger partial charge in [0.25, 0.3) is 0 Å². The molecule has 28 heavy (non-hydrogen) atoms. The largest absolute Gasteiger partial charge is 0.151 e. The number of benzene rings is 2. The van der Waals surface area contributed by atoms with Gasteiger partial charge in [-0.3, -0.25) is 0 Å². The Kier molecular flexibility index (Phi) is 6.43. The molecule has 0 aliphatic heterocycles. The molecule has 2 heterocycles. The molecule has 0 atom stereocenters. The Labute approximate surface area is 190 Å². The summed E-state index contributed by atoms with van der Waals surface area (Å²) < 4.78 is 2.20. The topological polar surface area (TPSA) is 0 Å². The monoisotopic (exact) mass is 526 g/mol. The van der Waals surface area contributed by atoms with Crippen LogP contribution in [0.2, 0.25) is 0 Å². The van der Waals surface area contributed by atoms with Gasteiger partial charge in [0, 0.05) is 20.1 Å². The molecule has 4 heteroatoms. The quantitative estimate of drug-likeness (QED) is 0.242. The molecule has 0 amide bonds. The maximum absolute atomic E-state index is 3.49. The third-order valence-corrected chi connectivity index (χ3v) is 6.91. The Bertz CT molecular complexity index is 1020. The zero-order chi connectivity index (χ0) is 19.3. The Morgan fingerprint density at radius 3 is 1.29 bits per heavy atom. The van der Waals surface area contributed by atoms with Crippen molar-refractivity contribution in [3.63, 3.8) is 0 Å². The normalized spacial score (nSPS) is 11.6. The second-order valence-electron chi connectivity index (χ2n) is 6.25. The molecule has 2 aromatic carbocycles. The lowest BCUT2D eigenvalue weighted by Crippen LogP contribution is -1.79. The average Bonchev–Trinajstić information content (AvgIpc) is 3.36. The Hall–Kier alpha value is -1.72. The molecule has 0 bridgehead atoms. The molecule has 2 aromatic heterocycles. The molecule has 138 valence electrons. The van der Waals surface area contributed by atoms with E-state index in [9.17, 15) is 0 Å². The predicted octanol–water partition coefficient (Wildman–Crippen LogP) is 9.34. The van der Waals surface area contributed by atoms with Crippen molar-refractivity contribution in [2.75, 3.05) is 0 Å².